The molecule has 0 aliphatic carbocycles. The highest BCUT2D eigenvalue weighted by molar-refractivity contribution is 6.02. The Morgan fingerprint density at radius 1 is 0.719 bits per heavy atom. The first-order valence-electron chi connectivity index (χ1n) is 18.7. The number of alkyl carbamates (subject to hydrolysis) is 1. The summed E-state index contributed by atoms with van der Waals surface area (Å²) in [4.78, 5) is 71.9. The van der Waals surface area contributed by atoms with Crippen LogP contribution in [0.1, 0.15) is 73.3 Å². The molecule has 0 saturated carbocycles. The van der Waals surface area contributed by atoms with Gasteiger partial charge in [0.1, 0.15) is 17.0 Å². The van der Waals surface area contributed by atoms with Crippen molar-refractivity contribution in [2.24, 2.45) is 5.92 Å². The fraction of sp³-hybridized carbons (Fsp3) is 0.641. The fourth-order valence-corrected chi connectivity index (χ4v) is 4.54. The van der Waals surface area contributed by atoms with Gasteiger partial charge in [-0.3, -0.25) is 24.0 Å². The zero-order valence-corrected chi connectivity index (χ0v) is 34.1. The zero-order chi connectivity index (χ0) is 42.9. The number of rotatable bonds is 25. The summed E-state index contributed by atoms with van der Waals surface area (Å²) in [5, 5.41) is 29.4. The van der Waals surface area contributed by atoms with Crippen LogP contribution in [0, 0.1) is 17.8 Å². The lowest BCUT2D eigenvalue weighted by Gasteiger charge is -2.27. The van der Waals surface area contributed by atoms with E-state index in [1.165, 1.54) is 6.07 Å². The van der Waals surface area contributed by atoms with Crippen LogP contribution in [-0.2, 0) is 58.8 Å². The Morgan fingerprint density at radius 2 is 1.23 bits per heavy atom. The van der Waals surface area contributed by atoms with Crippen LogP contribution in [0.2, 0.25) is 0 Å². The lowest BCUT2D eigenvalue weighted by Crippen LogP contribution is -2.42. The van der Waals surface area contributed by atoms with Gasteiger partial charge >= 0.3 is 18.0 Å². The van der Waals surface area contributed by atoms with Crippen LogP contribution in [0.5, 0.6) is 5.75 Å². The van der Waals surface area contributed by atoms with Gasteiger partial charge in [-0.15, -0.1) is 0 Å². The fourth-order valence-electron chi connectivity index (χ4n) is 4.54. The number of phenols is 1. The van der Waals surface area contributed by atoms with Gasteiger partial charge < -0.3 is 59.9 Å². The molecule has 0 fully saturated rings. The molecule has 1 aromatic carbocycles. The normalized spacial score (nSPS) is 12.3. The molecular weight excluding hydrogens is 748 g/mol. The van der Waals surface area contributed by atoms with Crippen molar-refractivity contribution in [2.75, 3.05) is 71.3 Å². The van der Waals surface area contributed by atoms with Crippen molar-refractivity contribution in [2.45, 2.75) is 91.4 Å². The monoisotopic (exact) mass is 808 g/mol. The average Bonchev–Trinajstić information content (AvgIpc) is 3.08. The third kappa shape index (κ3) is 27.3. The Bertz CT molecular complexity index is 1510. The summed E-state index contributed by atoms with van der Waals surface area (Å²) in [5.41, 5.74) is -0.556. The first-order chi connectivity index (χ1) is 26.7. The van der Waals surface area contributed by atoms with Gasteiger partial charge in [0.15, 0.2) is 0 Å². The van der Waals surface area contributed by atoms with E-state index < -0.39 is 58.9 Å². The zero-order valence-electron chi connectivity index (χ0n) is 34.1. The van der Waals surface area contributed by atoms with Gasteiger partial charge in [0.05, 0.1) is 77.3 Å². The number of carboxylic acid groups (broad SMARTS) is 1. The van der Waals surface area contributed by atoms with Crippen LogP contribution in [0.25, 0.3) is 0 Å². The number of aromatic hydroxyl groups is 1. The number of carbonyl (C=O) groups is 6. The van der Waals surface area contributed by atoms with Gasteiger partial charge in [-0.1, -0.05) is 13.0 Å². The number of esters is 1. The van der Waals surface area contributed by atoms with E-state index in [0.717, 1.165) is 0 Å². The number of hydrogen-bond donors (Lipinski definition) is 6. The topological polar surface area (TPSA) is 246 Å². The summed E-state index contributed by atoms with van der Waals surface area (Å²) in [6, 6.07) is 4.15. The van der Waals surface area contributed by atoms with Crippen molar-refractivity contribution in [3.05, 3.63) is 23.8 Å². The predicted molar refractivity (Wildman–Crippen MR) is 207 cm³/mol. The minimum Gasteiger partial charge on any atom is -0.506 e. The lowest BCUT2D eigenvalue weighted by atomic mass is 9.95. The van der Waals surface area contributed by atoms with E-state index in [1.54, 1.807) is 60.6 Å². The molecule has 6 N–H and O–H groups in total. The number of hydrogen-bond acceptors (Lipinski definition) is 13. The number of carboxylic acids is 1. The summed E-state index contributed by atoms with van der Waals surface area (Å²) in [7, 11) is 0. The summed E-state index contributed by atoms with van der Waals surface area (Å²) in [6.45, 7) is 13.9. The Labute approximate surface area is 334 Å². The van der Waals surface area contributed by atoms with Crippen LogP contribution in [0.4, 0.5) is 10.5 Å². The second-order valence-corrected chi connectivity index (χ2v) is 14.7. The first-order valence-corrected chi connectivity index (χ1v) is 18.7. The van der Waals surface area contributed by atoms with Crippen LogP contribution in [0.15, 0.2) is 18.2 Å². The van der Waals surface area contributed by atoms with Crippen LogP contribution < -0.4 is 21.3 Å². The molecule has 57 heavy (non-hydrogen) atoms. The molecule has 0 aliphatic heterocycles. The Balaban J connectivity index is 2.39. The molecular formula is C39H60N4O14. The van der Waals surface area contributed by atoms with Gasteiger partial charge in [-0.25, -0.2) is 4.79 Å². The second-order valence-electron chi connectivity index (χ2n) is 14.7. The van der Waals surface area contributed by atoms with E-state index >= 15 is 0 Å². The quantitative estimate of drug-likeness (QED) is 0.0359. The molecule has 320 valence electrons. The average molecular weight is 809 g/mol. The van der Waals surface area contributed by atoms with Crippen molar-refractivity contribution in [3.63, 3.8) is 0 Å². The van der Waals surface area contributed by atoms with E-state index in [-0.39, 0.29) is 103 Å². The molecule has 0 aromatic heterocycles. The largest absolute Gasteiger partial charge is 0.506 e. The number of carbonyl (C=O) groups excluding carboxylic acids is 5. The van der Waals surface area contributed by atoms with Crippen LogP contribution >= 0.6 is 0 Å². The molecule has 1 unspecified atom stereocenters. The lowest BCUT2D eigenvalue weighted by molar-refractivity contribution is -0.159. The summed E-state index contributed by atoms with van der Waals surface area (Å²) in [6.07, 6.45) is -0.231. The van der Waals surface area contributed by atoms with E-state index in [2.05, 4.69) is 33.1 Å². The number of ether oxygens (including phenoxy) is 6. The van der Waals surface area contributed by atoms with Gasteiger partial charge in [0.25, 0.3) is 11.8 Å². The molecule has 18 heteroatoms. The predicted octanol–water partition coefficient (Wildman–Crippen LogP) is 2.30. The third-order valence-corrected chi connectivity index (χ3v) is 7.02. The van der Waals surface area contributed by atoms with Crippen LogP contribution in [-0.4, -0.2) is 129 Å². The molecule has 2 atom stereocenters. The minimum atomic E-state index is -0.947. The van der Waals surface area contributed by atoms with E-state index in [1.807, 2.05) is 0 Å². The highest BCUT2D eigenvalue weighted by Crippen LogP contribution is 2.26. The summed E-state index contributed by atoms with van der Waals surface area (Å²) >= 11 is 0. The van der Waals surface area contributed by atoms with Crippen molar-refractivity contribution in [1.29, 1.82) is 0 Å². The molecule has 0 saturated heterocycles. The number of phenolic OH excluding ortho intramolecular Hbond substituents is 1. The molecule has 0 radical (unpaired) electrons. The van der Waals surface area contributed by atoms with E-state index in [9.17, 15) is 33.9 Å². The molecule has 18 nitrogen and oxygen atoms in total. The maximum atomic E-state index is 12.7. The molecule has 0 heterocycles. The molecule has 4 amide bonds. The standard InChI is InChI=1S/C39H60N4O14/c1-27(36(50)56-38(2,3)4)24-29(42-37(51)57-39(5,6)7)25-28-8-9-31(44)30(26-28)43-34(47)12-16-52-20-22-54-18-14-40-32(45)10-11-33(46)41-15-19-55-23-21-53-17-13-35(48)49/h8-9,26-27,29,44H,12-25H2,1-7H3,(H,40,45)(H,41,46)(H,42,51)(H,43,47)(H,48,49)/t27?,29-/m1/s1. The van der Waals surface area contributed by atoms with Crippen molar-refractivity contribution >= 4 is 41.4 Å². The maximum absolute atomic E-state index is 12.7. The highest BCUT2D eigenvalue weighted by Gasteiger charge is 2.27. The van der Waals surface area contributed by atoms with E-state index in [4.69, 9.17) is 33.5 Å². The molecule has 1 aromatic rings. The van der Waals surface area contributed by atoms with Gasteiger partial charge in [-0.2, -0.15) is 0 Å². The minimum absolute atomic E-state index is 0.0135. The Kier molecular flexibility index (Phi) is 23.5. The second kappa shape index (κ2) is 26.8. The number of aliphatic carboxylic acids is 1. The highest BCUT2D eigenvalue weighted by atomic mass is 16.6. The molecule has 1 rings (SSSR count). The van der Waals surface area contributed by atoms with Gasteiger partial charge in [0, 0.05) is 31.0 Å². The summed E-state index contributed by atoms with van der Waals surface area (Å²) < 4.78 is 32.1. The SMILES string of the molecule is CC(C[C@H](Cc1ccc(O)c(NC(=O)CCOCCOCCNC(=O)C#CC(=O)NCCOCCOCCC(=O)O)c1)NC(=O)OC(C)(C)C)C(=O)OC(C)(C)C. The number of anilines is 1. The van der Waals surface area contributed by atoms with Crippen LogP contribution in [0.3, 0.4) is 0 Å². The number of benzene rings is 1. The van der Waals surface area contributed by atoms with E-state index in [0.29, 0.717) is 5.56 Å². The number of nitrogens with one attached hydrogen (secondary N) is 4. The Hall–Kier alpha value is -4.96. The maximum Gasteiger partial charge on any atom is 0.407 e. The van der Waals surface area contributed by atoms with Crippen molar-refractivity contribution in [1.82, 2.24) is 16.0 Å². The van der Waals surface area contributed by atoms with Crippen molar-refractivity contribution < 1.29 is 67.4 Å². The van der Waals surface area contributed by atoms with Gasteiger partial charge in [-0.05, 0) is 72.1 Å². The summed E-state index contributed by atoms with van der Waals surface area (Å²) in [5.74, 6) is 0.560. The third-order valence-electron chi connectivity index (χ3n) is 7.02. The molecule has 0 spiro atoms. The smallest absolute Gasteiger partial charge is 0.407 e. The first kappa shape index (κ1) is 50.1. The number of amides is 4. The van der Waals surface area contributed by atoms with Gasteiger partial charge in [0.2, 0.25) is 5.91 Å². The van der Waals surface area contributed by atoms with Crippen molar-refractivity contribution in [3.8, 4) is 17.6 Å². The molecule has 0 aliphatic rings. The molecule has 0 bridgehead atoms. The Morgan fingerprint density at radius 3 is 1.74 bits per heavy atom.